The van der Waals surface area contributed by atoms with Gasteiger partial charge in [0.2, 0.25) is 0 Å². The van der Waals surface area contributed by atoms with Crippen LogP contribution in [-0.2, 0) is 9.53 Å². The molecular weight excluding hydrogens is 260 g/mol. The molecule has 19 heavy (non-hydrogen) atoms. The third kappa shape index (κ3) is 5.66. The molecular formula is C15H22O3S. The highest BCUT2D eigenvalue weighted by molar-refractivity contribution is 8.00. The Morgan fingerprint density at radius 1 is 1.37 bits per heavy atom. The van der Waals surface area contributed by atoms with Gasteiger partial charge >= 0.3 is 5.97 Å². The number of hydrogen-bond donors (Lipinski definition) is 1. The van der Waals surface area contributed by atoms with Crippen LogP contribution in [0.15, 0.2) is 29.2 Å². The second-order valence-corrected chi connectivity index (χ2v) is 6.35. The molecule has 0 aliphatic heterocycles. The number of carbonyl (C=O) groups is 1. The number of aliphatic hydroxyl groups is 1. The minimum Gasteiger partial charge on any atom is -0.459 e. The van der Waals surface area contributed by atoms with Crippen molar-refractivity contribution in [1.29, 1.82) is 0 Å². The Kier molecular flexibility index (Phi) is 5.88. The van der Waals surface area contributed by atoms with Crippen molar-refractivity contribution >= 4 is 17.7 Å². The number of ether oxygens (including phenoxy) is 1. The molecule has 3 nitrogen and oxygen atoms in total. The lowest BCUT2D eigenvalue weighted by molar-refractivity contribution is -0.151. The highest BCUT2D eigenvalue weighted by atomic mass is 32.2. The number of carbonyl (C=O) groups excluding carboxylic acids is 1. The van der Waals surface area contributed by atoms with Gasteiger partial charge in [-0.2, -0.15) is 0 Å². The highest BCUT2D eigenvalue weighted by Gasteiger charge is 2.17. The lowest BCUT2D eigenvalue weighted by Crippen LogP contribution is -2.24. The van der Waals surface area contributed by atoms with E-state index in [-0.39, 0.29) is 11.7 Å². The van der Waals surface area contributed by atoms with Crippen molar-refractivity contribution in [2.24, 2.45) is 0 Å². The van der Waals surface area contributed by atoms with Crippen molar-refractivity contribution in [3.63, 3.8) is 0 Å². The number of esters is 1. The maximum absolute atomic E-state index is 11.7. The normalized spacial score (nSPS) is 13.1. The van der Waals surface area contributed by atoms with Gasteiger partial charge in [0.25, 0.3) is 0 Å². The summed E-state index contributed by atoms with van der Waals surface area (Å²) in [6.45, 7) is 7.49. The van der Waals surface area contributed by atoms with Gasteiger partial charge in [-0.05, 0) is 38.8 Å². The average molecular weight is 282 g/mol. The van der Waals surface area contributed by atoms with E-state index in [4.69, 9.17) is 4.74 Å². The maximum Gasteiger partial charge on any atom is 0.316 e. The molecule has 0 saturated heterocycles. The Morgan fingerprint density at radius 3 is 2.58 bits per heavy atom. The monoisotopic (exact) mass is 282 g/mol. The van der Waals surface area contributed by atoms with Gasteiger partial charge in [-0.3, -0.25) is 4.79 Å². The number of rotatable bonds is 5. The fourth-order valence-electron chi connectivity index (χ4n) is 1.61. The van der Waals surface area contributed by atoms with Crippen LogP contribution in [0.5, 0.6) is 0 Å². The number of thioether (sulfide) groups is 1. The van der Waals surface area contributed by atoms with Crippen molar-refractivity contribution in [3.8, 4) is 0 Å². The molecule has 0 radical (unpaired) electrons. The summed E-state index contributed by atoms with van der Waals surface area (Å²) < 4.78 is 5.26. The van der Waals surface area contributed by atoms with Gasteiger partial charge in [-0.25, -0.2) is 0 Å². The van der Waals surface area contributed by atoms with Gasteiger partial charge in [0.05, 0.1) is 11.9 Å². The van der Waals surface area contributed by atoms with E-state index in [9.17, 15) is 9.90 Å². The summed E-state index contributed by atoms with van der Waals surface area (Å²) in [5, 5.41) is 9.93. The molecule has 0 aromatic heterocycles. The molecule has 1 N–H and O–H groups in total. The van der Waals surface area contributed by atoms with E-state index in [1.165, 1.54) is 11.8 Å². The van der Waals surface area contributed by atoms with Crippen LogP contribution in [0.4, 0.5) is 0 Å². The van der Waals surface area contributed by atoms with Crippen LogP contribution in [0.3, 0.4) is 0 Å². The van der Waals surface area contributed by atoms with E-state index < -0.39 is 11.7 Å². The van der Waals surface area contributed by atoms with E-state index in [0.29, 0.717) is 6.42 Å². The molecule has 1 rings (SSSR count). The highest BCUT2D eigenvalue weighted by Crippen LogP contribution is 2.29. The number of hydrogen-bond acceptors (Lipinski definition) is 4. The first-order chi connectivity index (χ1) is 8.83. The third-order valence-corrected chi connectivity index (χ3v) is 3.49. The molecule has 0 saturated carbocycles. The van der Waals surface area contributed by atoms with E-state index in [2.05, 4.69) is 0 Å². The molecule has 0 bridgehead atoms. The standard InChI is InChI=1S/C15H22O3S/c1-5-12(16)11-8-6-7-9-13(11)19-10-14(17)18-15(2,3)4/h6-9,12,16H,5,10H2,1-4H3. The summed E-state index contributed by atoms with van der Waals surface area (Å²) in [4.78, 5) is 12.6. The van der Waals surface area contributed by atoms with E-state index >= 15 is 0 Å². The van der Waals surface area contributed by atoms with Crippen molar-refractivity contribution < 1.29 is 14.6 Å². The van der Waals surface area contributed by atoms with Gasteiger partial charge in [-0.1, -0.05) is 25.1 Å². The summed E-state index contributed by atoms with van der Waals surface area (Å²) in [6.07, 6.45) is 0.173. The van der Waals surface area contributed by atoms with Crippen molar-refractivity contribution in [2.75, 3.05) is 5.75 Å². The van der Waals surface area contributed by atoms with Gasteiger partial charge in [0, 0.05) is 4.90 Å². The van der Waals surface area contributed by atoms with Gasteiger partial charge in [-0.15, -0.1) is 11.8 Å². The second-order valence-electron chi connectivity index (χ2n) is 5.34. The minimum atomic E-state index is -0.484. The molecule has 1 aromatic carbocycles. The number of benzene rings is 1. The van der Waals surface area contributed by atoms with E-state index in [0.717, 1.165) is 10.5 Å². The predicted molar refractivity (Wildman–Crippen MR) is 78.3 cm³/mol. The zero-order valence-corrected chi connectivity index (χ0v) is 12.8. The summed E-state index contributed by atoms with van der Waals surface area (Å²) in [5.74, 6) is 0.0170. The van der Waals surface area contributed by atoms with E-state index in [1.54, 1.807) is 0 Å². The topological polar surface area (TPSA) is 46.5 Å². The molecule has 0 fully saturated rings. The molecule has 4 heteroatoms. The SMILES string of the molecule is CCC(O)c1ccccc1SCC(=O)OC(C)(C)C. The largest absolute Gasteiger partial charge is 0.459 e. The van der Waals surface area contributed by atoms with Crippen LogP contribution < -0.4 is 0 Å². The number of aliphatic hydroxyl groups excluding tert-OH is 1. The van der Waals surface area contributed by atoms with Crippen LogP contribution in [0, 0.1) is 0 Å². The van der Waals surface area contributed by atoms with Crippen LogP contribution in [0.1, 0.15) is 45.8 Å². The van der Waals surface area contributed by atoms with Gasteiger partial charge in [0.1, 0.15) is 5.60 Å². The predicted octanol–water partition coefficient (Wildman–Crippen LogP) is 3.56. The molecule has 0 aliphatic rings. The lowest BCUT2D eigenvalue weighted by atomic mass is 10.1. The van der Waals surface area contributed by atoms with Gasteiger partial charge < -0.3 is 9.84 Å². The summed E-state index contributed by atoms with van der Waals surface area (Å²) in [5.41, 5.74) is 0.415. The molecule has 0 heterocycles. The molecule has 1 unspecified atom stereocenters. The second kappa shape index (κ2) is 6.96. The summed E-state index contributed by atoms with van der Waals surface area (Å²) >= 11 is 1.40. The fourth-order valence-corrected chi connectivity index (χ4v) is 2.49. The summed E-state index contributed by atoms with van der Waals surface area (Å²) in [7, 11) is 0. The summed E-state index contributed by atoms with van der Waals surface area (Å²) in [6, 6.07) is 7.61. The van der Waals surface area contributed by atoms with Crippen LogP contribution in [-0.4, -0.2) is 22.4 Å². The van der Waals surface area contributed by atoms with Crippen LogP contribution in [0.2, 0.25) is 0 Å². The first-order valence-corrected chi connectivity index (χ1v) is 7.43. The van der Waals surface area contributed by atoms with Crippen LogP contribution >= 0.6 is 11.8 Å². The Morgan fingerprint density at radius 2 is 2.00 bits per heavy atom. The first-order valence-electron chi connectivity index (χ1n) is 6.45. The molecule has 106 valence electrons. The van der Waals surface area contributed by atoms with Gasteiger partial charge in [0.15, 0.2) is 0 Å². The molecule has 0 aliphatic carbocycles. The first kappa shape index (κ1) is 16.1. The fraction of sp³-hybridized carbons (Fsp3) is 0.533. The molecule has 1 atom stereocenters. The molecule has 0 amide bonds. The van der Waals surface area contributed by atoms with Crippen molar-refractivity contribution in [3.05, 3.63) is 29.8 Å². The average Bonchev–Trinajstić information content (AvgIpc) is 2.33. The zero-order chi connectivity index (χ0) is 14.5. The van der Waals surface area contributed by atoms with Crippen molar-refractivity contribution in [2.45, 2.75) is 50.7 Å². The quantitative estimate of drug-likeness (QED) is 0.662. The molecule has 1 aromatic rings. The Labute approximate surface area is 119 Å². The Hall–Kier alpha value is -1.00. The smallest absolute Gasteiger partial charge is 0.316 e. The Balaban J connectivity index is 2.65. The third-order valence-electron chi connectivity index (χ3n) is 2.43. The van der Waals surface area contributed by atoms with E-state index in [1.807, 2.05) is 52.0 Å². The van der Waals surface area contributed by atoms with Crippen molar-refractivity contribution in [1.82, 2.24) is 0 Å². The Bertz CT molecular complexity index is 424. The van der Waals surface area contributed by atoms with Crippen LogP contribution in [0.25, 0.3) is 0 Å². The molecule has 0 spiro atoms. The zero-order valence-electron chi connectivity index (χ0n) is 12.0. The lowest BCUT2D eigenvalue weighted by Gasteiger charge is -2.19. The minimum absolute atomic E-state index is 0.238. The maximum atomic E-state index is 11.7.